The van der Waals surface area contributed by atoms with Crippen molar-refractivity contribution in [1.29, 1.82) is 0 Å². The fourth-order valence-corrected chi connectivity index (χ4v) is 1.46. The van der Waals surface area contributed by atoms with Crippen LogP contribution in [0.5, 0.6) is 0 Å². The predicted molar refractivity (Wildman–Crippen MR) is 60.2 cm³/mol. The molecule has 4 N–H and O–H groups in total. The standard InChI is InChI=1S/C11H13N3O/c1-6-3-8(4-9(12)7(6)2)10-5-11(13)15-14-10/h3-5H,12-13H2,1-2H3. The Balaban J connectivity index is 2.55. The minimum atomic E-state index is 0.307. The minimum Gasteiger partial charge on any atom is -0.398 e. The van der Waals surface area contributed by atoms with E-state index in [1.807, 2.05) is 26.0 Å². The molecule has 0 radical (unpaired) electrons. The second-order valence-electron chi connectivity index (χ2n) is 3.62. The van der Waals surface area contributed by atoms with E-state index in [0.29, 0.717) is 11.6 Å². The number of aromatic nitrogens is 1. The topological polar surface area (TPSA) is 78.1 Å². The molecule has 15 heavy (non-hydrogen) atoms. The lowest BCUT2D eigenvalue weighted by atomic mass is 10.0. The molecule has 0 aliphatic heterocycles. The Morgan fingerprint density at radius 1 is 1.13 bits per heavy atom. The van der Waals surface area contributed by atoms with Gasteiger partial charge in [0.15, 0.2) is 0 Å². The molecule has 0 saturated carbocycles. The number of anilines is 2. The van der Waals surface area contributed by atoms with Gasteiger partial charge in [-0.2, -0.15) is 0 Å². The van der Waals surface area contributed by atoms with Crippen LogP contribution in [-0.4, -0.2) is 5.16 Å². The number of hydrogen-bond acceptors (Lipinski definition) is 4. The number of nitrogens with two attached hydrogens (primary N) is 2. The van der Waals surface area contributed by atoms with Crippen molar-refractivity contribution in [1.82, 2.24) is 5.16 Å². The van der Waals surface area contributed by atoms with E-state index in [-0.39, 0.29) is 0 Å². The maximum absolute atomic E-state index is 5.88. The molecule has 0 bridgehead atoms. The Bertz CT molecular complexity index is 479. The summed E-state index contributed by atoms with van der Waals surface area (Å²) in [4.78, 5) is 0. The van der Waals surface area contributed by atoms with E-state index in [4.69, 9.17) is 16.0 Å². The van der Waals surface area contributed by atoms with E-state index in [1.54, 1.807) is 6.07 Å². The molecule has 0 atom stereocenters. The molecule has 0 aliphatic rings. The van der Waals surface area contributed by atoms with Gasteiger partial charge in [-0.05, 0) is 37.1 Å². The number of hydrogen-bond donors (Lipinski definition) is 2. The monoisotopic (exact) mass is 203 g/mol. The Morgan fingerprint density at radius 2 is 1.87 bits per heavy atom. The predicted octanol–water partition coefficient (Wildman–Crippen LogP) is 2.12. The molecule has 2 rings (SSSR count). The third kappa shape index (κ3) is 1.66. The van der Waals surface area contributed by atoms with Crippen LogP contribution in [-0.2, 0) is 0 Å². The first-order valence-electron chi connectivity index (χ1n) is 4.67. The normalized spacial score (nSPS) is 10.5. The fraction of sp³-hybridized carbons (Fsp3) is 0.182. The lowest BCUT2D eigenvalue weighted by Gasteiger charge is -2.06. The van der Waals surface area contributed by atoms with Crippen molar-refractivity contribution in [2.75, 3.05) is 11.5 Å². The van der Waals surface area contributed by atoms with Crippen LogP contribution in [0.2, 0.25) is 0 Å². The number of benzene rings is 1. The maximum Gasteiger partial charge on any atom is 0.222 e. The summed E-state index contributed by atoms with van der Waals surface area (Å²) >= 11 is 0. The summed E-state index contributed by atoms with van der Waals surface area (Å²) in [6.45, 7) is 4.00. The molecule has 0 fully saturated rings. The van der Waals surface area contributed by atoms with Crippen LogP contribution < -0.4 is 11.5 Å². The molecular weight excluding hydrogens is 190 g/mol. The average molecular weight is 203 g/mol. The largest absolute Gasteiger partial charge is 0.398 e. The molecule has 4 nitrogen and oxygen atoms in total. The average Bonchev–Trinajstić information content (AvgIpc) is 2.60. The molecule has 1 aromatic heterocycles. The highest BCUT2D eigenvalue weighted by atomic mass is 16.5. The third-order valence-electron chi connectivity index (χ3n) is 2.53. The van der Waals surface area contributed by atoms with Gasteiger partial charge in [-0.15, -0.1) is 0 Å². The van der Waals surface area contributed by atoms with Gasteiger partial charge in [0.05, 0.1) is 0 Å². The van der Waals surface area contributed by atoms with Crippen molar-refractivity contribution in [2.45, 2.75) is 13.8 Å². The third-order valence-corrected chi connectivity index (χ3v) is 2.53. The molecule has 1 aromatic carbocycles. The molecule has 0 amide bonds. The summed E-state index contributed by atoms with van der Waals surface area (Å²) in [7, 11) is 0. The summed E-state index contributed by atoms with van der Waals surface area (Å²) in [5, 5.41) is 3.84. The zero-order chi connectivity index (χ0) is 11.0. The van der Waals surface area contributed by atoms with Crippen LogP contribution >= 0.6 is 0 Å². The zero-order valence-electron chi connectivity index (χ0n) is 8.74. The van der Waals surface area contributed by atoms with Crippen molar-refractivity contribution >= 4 is 11.6 Å². The second-order valence-corrected chi connectivity index (χ2v) is 3.62. The second kappa shape index (κ2) is 3.31. The summed E-state index contributed by atoms with van der Waals surface area (Å²) in [6, 6.07) is 5.58. The van der Waals surface area contributed by atoms with Gasteiger partial charge in [-0.1, -0.05) is 5.16 Å². The Hall–Kier alpha value is -1.97. The van der Waals surface area contributed by atoms with E-state index >= 15 is 0 Å². The molecule has 0 aliphatic carbocycles. The van der Waals surface area contributed by atoms with Crippen LogP contribution in [0.25, 0.3) is 11.3 Å². The molecule has 0 saturated heterocycles. The van der Waals surface area contributed by atoms with Gasteiger partial charge in [0, 0.05) is 17.3 Å². The first-order chi connectivity index (χ1) is 7.08. The first kappa shape index (κ1) is 9.58. The SMILES string of the molecule is Cc1cc(-c2cc(N)on2)cc(N)c1C. The summed E-state index contributed by atoms with van der Waals surface area (Å²) in [6.07, 6.45) is 0. The van der Waals surface area contributed by atoms with Gasteiger partial charge >= 0.3 is 0 Å². The van der Waals surface area contributed by atoms with Gasteiger partial charge in [0.2, 0.25) is 5.88 Å². The van der Waals surface area contributed by atoms with Gasteiger partial charge in [0.25, 0.3) is 0 Å². The fourth-order valence-electron chi connectivity index (χ4n) is 1.46. The number of nitrogens with zero attached hydrogens (tertiary/aromatic N) is 1. The van der Waals surface area contributed by atoms with Gasteiger partial charge in [-0.25, -0.2) is 0 Å². The Labute approximate surface area is 87.9 Å². The summed E-state index contributed by atoms with van der Waals surface area (Å²) in [5.41, 5.74) is 16.0. The number of rotatable bonds is 1. The van der Waals surface area contributed by atoms with Crippen molar-refractivity contribution in [3.05, 3.63) is 29.3 Å². The first-order valence-corrected chi connectivity index (χ1v) is 4.67. The van der Waals surface area contributed by atoms with E-state index in [1.165, 1.54) is 0 Å². The quantitative estimate of drug-likeness (QED) is 0.696. The van der Waals surface area contributed by atoms with Gasteiger partial charge < -0.3 is 16.0 Å². The number of aryl methyl sites for hydroxylation is 1. The highest BCUT2D eigenvalue weighted by molar-refractivity contribution is 5.68. The lowest BCUT2D eigenvalue weighted by Crippen LogP contribution is -1.93. The Morgan fingerprint density at radius 3 is 2.40 bits per heavy atom. The molecule has 4 heteroatoms. The van der Waals surface area contributed by atoms with Gasteiger partial charge in [-0.3, -0.25) is 0 Å². The van der Waals surface area contributed by atoms with Crippen LogP contribution in [0.4, 0.5) is 11.6 Å². The van der Waals surface area contributed by atoms with Gasteiger partial charge in [0.1, 0.15) is 5.69 Å². The minimum absolute atomic E-state index is 0.307. The van der Waals surface area contributed by atoms with Crippen molar-refractivity contribution in [2.24, 2.45) is 0 Å². The molecule has 1 heterocycles. The van der Waals surface area contributed by atoms with E-state index in [9.17, 15) is 0 Å². The van der Waals surface area contributed by atoms with Crippen molar-refractivity contribution < 1.29 is 4.52 Å². The van der Waals surface area contributed by atoms with Crippen LogP contribution in [0.1, 0.15) is 11.1 Å². The van der Waals surface area contributed by atoms with Crippen LogP contribution in [0.3, 0.4) is 0 Å². The van der Waals surface area contributed by atoms with Crippen LogP contribution in [0.15, 0.2) is 22.7 Å². The highest BCUT2D eigenvalue weighted by Gasteiger charge is 2.07. The smallest absolute Gasteiger partial charge is 0.222 e. The molecule has 78 valence electrons. The molecule has 0 unspecified atom stereocenters. The van der Waals surface area contributed by atoms with Crippen LogP contribution in [0, 0.1) is 13.8 Å². The Kier molecular flexibility index (Phi) is 2.11. The summed E-state index contributed by atoms with van der Waals surface area (Å²) in [5.74, 6) is 0.307. The van der Waals surface area contributed by atoms with Crippen molar-refractivity contribution in [3.63, 3.8) is 0 Å². The molecule has 0 spiro atoms. The molecule has 2 aromatic rings. The van der Waals surface area contributed by atoms with Crippen molar-refractivity contribution in [3.8, 4) is 11.3 Å². The number of nitrogen functional groups attached to an aromatic ring is 2. The maximum atomic E-state index is 5.88. The van der Waals surface area contributed by atoms with E-state index in [2.05, 4.69) is 5.16 Å². The molecular formula is C11H13N3O. The van der Waals surface area contributed by atoms with E-state index in [0.717, 1.165) is 22.4 Å². The zero-order valence-corrected chi connectivity index (χ0v) is 8.74. The summed E-state index contributed by atoms with van der Waals surface area (Å²) < 4.78 is 4.82. The highest BCUT2D eigenvalue weighted by Crippen LogP contribution is 2.26. The van der Waals surface area contributed by atoms with E-state index < -0.39 is 0 Å². The lowest BCUT2D eigenvalue weighted by molar-refractivity contribution is 0.439.